The second kappa shape index (κ2) is 16.2. The molecule has 0 saturated heterocycles. The fourth-order valence-corrected chi connectivity index (χ4v) is 17.4. The Morgan fingerprint density at radius 1 is 0.348 bits per heavy atom. The number of benzene rings is 10. The Kier molecular flexibility index (Phi) is 9.51. The number of hydrogen-bond donors (Lipinski definition) is 0. The Balaban J connectivity index is 1.17. The number of anilines is 9. The lowest BCUT2D eigenvalue weighted by molar-refractivity contribution is 1.17. The third-order valence-corrected chi connectivity index (χ3v) is 20.1. The molecule has 0 radical (unpaired) electrons. The minimum absolute atomic E-state index is 0.0356. The molecule has 0 atom stereocenters. The van der Waals surface area contributed by atoms with Gasteiger partial charge in [0.15, 0.2) is 0 Å². The van der Waals surface area contributed by atoms with Gasteiger partial charge in [-0.1, -0.05) is 151 Å². The molecule has 326 valence electrons. The summed E-state index contributed by atoms with van der Waals surface area (Å²) in [5.41, 5.74) is 13.2. The highest BCUT2D eigenvalue weighted by Gasteiger charge is 2.47. The highest BCUT2D eigenvalue weighted by Crippen LogP contribution is 2.74. The standard InChI is InChI=1S/C62H42BN3S3/c1-6-22-43(23-7-1)64-45-38-39-51-54(40-45)66(53-34-18-21-37-59(53)67-58-36-20-17-33-52(58)64)56-42-49(69(46-26-10-3-11-27-46,47-28-12-4-13-29-47)48-30-14-5-15-31-48)41-55-60(56)63(51)62-61(50-32-16-19-35-57(50)68-62)65(55)44-24-8-2-9-25-44/h1-42H. The van der Waals surface area contributed by atoms with E-state index in [9.17, 15) is 0 Å². The van der Waals surface area contributed by atoms with Gasteiger partial charge < -0.3 is 14.7 Å². The number of fused-ring (bicyclic) bond motifs is 10. The Morgan fingerprint density at radius 2 is 0.826 bits per heavy atom. The van der Waals surface area contributed by atoms with E-state index in [1.54, 1.807) is 0 Å². The van der Waals surface area contributed by atoms with Crippen LogP contribution in [0.2, 0.25) is 0 Å². The first-order valence-electron chi connectivity index (χ1n) is 23.4. The fourth-order valence-electron chi connectivity index (χ4n) is 11.1. The van der Waals surface area contributed by atoms with E-state index in [1.165, 1.54) is 77.9 Å². The van der Waals surface area contributed by atoms with Gasteiger partial charge >= 0.3 is 0 Å². The van der Waals surface area contributed by atoms with E-state index in [0.29, 0.717) is 0 Å². The third-order valence-electron chi connectivity index (χ3n) is 13.9. The highest BCUT2D eigenvalue weighted by atomic mass is 32.3. The molecule has 3 nitrogen and oxygen atoms in total. The van der Waals surface area contributed by atoms with Crippen LogP contribution in [-0.2, 0) is 0 Å². The Labute approximate surface area is 413 Å². The summed E-state index contributed by atoms with van der Waals surface area (Å²) in [7, 11) is -2.13. The van der Waals surface area contributed by atoms with Crippen molar-refractivity contribution in [3.05, 3.63) is 255 Å². The zero-order chi connectivity index (χ0) is 45.5. The van der Waals surface area contributed by atoms with Gasteiger partial charge in [-0.05, 0) is 126 Å². The van der Waals surface area contributed by atoms with E-state index >= 15 is 0 Å². The van der Waals surface area contributed by atoms with E-state index in [1.807, 2.05) is 23.1 Å². The predicted molar refractivity (Wildman–Crippen MR) is 295 cm³/mol. The molecule has 10 aromatic carbocycles. The first kappa shape index (κ1) is 40.4. The Morgan fingerprint density at radius 3 is 1.42 bits per heavy atom. The fraction of sp³-hybridized carbons (Fsp3) is 0. The van der Waals surface area contributed by atoms with Gasteiger partial charge in [-0.15, -0.1) is 21.4 Å². The van der Waals surface area contributed by atoms with Gasteiger partial charge in [-0.25, -0.2) is 0 Å². The molecule has 4 heterocycles. The van der Waals surface area contributed by atoms with Crippen LogP contribution >= 0.6 is 33.1 Å². The molecule has 11 aromatic rings. The van der Waals surface area contributed by atoms with Crippen molar-refractivity contribution in [2.24, 2.45) is 0 Å². The van der Waals surface area contributed by atoms with Gasteiger partial charge in [-0.2, -0.15) is 0 Å². The second-order valence-electron chi connectivity index (χ2n) is 17.6. The van der Waals surface area contributed by atoms with E-state index in [-0.39, 0.29) is 6.71 Å². The van der Waals surface area contributed by atoms with Crippen molar-refractivity contribution in [1.29, 1.82) is 0 Å². The van der Waals surface area contributed by atoms with Gasteiger partial charge in [0.05, 0.1) is 17.1 Å². The first-order valence-corrected chi connectivity index (χ1v) is 26.7. The van der Waals surface area contributed by atoms with Crippen molar-refractivity contribution in [1.82, 2.24) is 0 Å². The summed E-state index contributed by atoms with van der Waals surface area (Å²) in [6, 6.07) is 95.3. The van der Waals surface area contributed by atoms with Crippen LogP contribution in [-0.4, -0.2) is 6.71 Å². The molecule has 0 fully saturated rings. The maximum atomic E-state index is 2.63. The summed E-state index contributed by atoms with van der Waals surface area (Å²) in [6.07, 6.45) is 0. The van der Waals surface area contributed by atoms with E-state index in [4.69, 9.17) is 0 Å². The molecule has 0 spiro atoms. The summed E-state index contributed by atoms with van der Waals surface area (Å²) in [5, 5.41) is 1.27. The van der Waals surface area contributed by atoms with Crippen molar-refractivity contribution < 1.29 is 0 Å². The molecular formula is C62H42BN3S3. The molecule has 69 heavy (non-hydrogen) atoms. The van der Waals surface area contributed by atoms with Gasteiger partial charge in [0, 0.05) is 78.4 Å². The minimum Gasteiger partial charge on any atom is -0.310 e. The maximum absolute atomic E-state index is 2.63. The molecule has 0 aliphatic carbocycles. The molecule has 3 aliphatic rings. The van der Waals surface area contributed by atoms with Gasteiger partial charge in [-0.3, -0.25) is 0 Å². The van der Waals surface area contributed by atoms with Crippen LogP contribution in [0, 0.1) is 0 Å². The third kappa shape index (κ3) is 6.17. The molecule has 1 aromatic heterocycles. The quantitative estimate of drug-likeness (QED) is 0.154. The number of thiophene rings is 1. The van der Waals surface area contributed by atoms with Gasteiger partial charge in [0.2, 0.25) is 0 Å². The average molecular weight is 936 g/mol. The van der Waals surface area contributed by atoms with Crippen molar-refractivity contribution in [3.8, 4) is 0 Å². The lowest BCUT2D eigenvalue weighted by Gasteiger charge is -2.47. The van der Waals surface area contributed by atoms with Crippen molar-refractivity contribution in [2.45, 2.75) is 29.4 Å². The molecule has 0 saturated carbocycles. The zero-order valence-corrected chi connectivity index (χ0v) is 39.8. The smallest absolute Gasteiger partial charge is 0.264 e. The number of nitrogens with zero attached hydrogens (tertiary/aromatic N) is 3. The molecule has 0 amide bonds. The SMILES string of the molecule is c1ccc(N2c3ccc4c(c3)N(c3ccccc3Sc3ccccc32)c2cc(S(c3ccccc3)(c3ccccc3)c3ccccc3)cc3c2B4c2sc4ccccc4c2N3c2ccccc2)cc1. The number of hydrogen-bond acceptors (Lipinski definition) is 5. The topological polar surface area (TPSA) is 9.72 Å². The van der Waals surface area contributed by atoms with Crippen LogP contribution < -0.4 is 30.4 Å². The molecule has 3 aliphatic heterocycles. The minimum atomic E-state index is -2.13. The van der Waals surface area contributed by atoms with Crippen molar-refractivity contribution >= 4 is 117 Å². The predicted octanol–water partition coefficient (Wildman–Crippen LogP) is 16.3. The molecule has 7 heteroatoms. The largest absolute Gasteiger partial charge is 0.310 e. The van der Waals surface area contributed by atoms with Crippen LogP contribution in [0.1, 0.15) is 0 Å². The van der Waals surface area contributed by atoms with E-state index in [2.05, 4.69) is 269 Å². The summed E-state index contributed by atoms with van der Waals surface area (Å²) in [4.78, 5) is 15.2. The van der Waals surface area contributed by atoms with E-state index < -0.39 is 10.0 Å². The summed E-state index contributed by atoms with van der Waals surface area (Å²) in [5.74, 6) is 0. The molecule has 0 N–H and O–H groups in total. The van der Waals surface area contributed by atoms with Crippen LogP contribution in [0.15, 0.2) is 284 Å². The van der Waals surface area contributed by atoms with Crippen molar-refractivity contribution in [2.75, 3.05) is 14.7 Å². The van der Waals surface area contributed by atoms with E-state index in [0.717, 1.165) is 28.4 Å². The highest BCUT2D eigenvalue weighted by molar-refractivity contribution is 8.34. The van der Waals surface area contributed by atoms with Crippen LogP contribution in [0.25, 0.3) is 10.1 Å². The van der Waals surface area contributed by atoms with Gasteiger partial charge in [0.25, 0.3) is 6.71 Å². The second-order valence-corrected chi connectivity index (χ2v) is 22.9. The van der Waals surface area contributed by atoms with Crippen molar-refractivity contribution in [3.63, 3.8) is 0 Å². The summed E-state index contributed by atoms with van der Waals surface area (Å²) >= 11 is 3.79. The molecule has 14 rings (SSSR count). The molecule has 0 unspecified atom stereocenters. The molecule has 2 bridgehead atoms. The Bertz CT molecular complexity index is 3640. The zero-order valence-electron chi connectivity index (χ0n) is 37.4. The average Bonchev–Trinajstić information content (AvgIpc) is 3.80. The molecular weight excluding hydrogens is 894 g/mol. The lowest BCUT2D eigenvalue weighted by atomic mass is 9.36. The van der Waals surface area contributed by atoms with Gasteiger partial charge in [0.1, 0.15) is 0 Å². The summed E-state index contributed by atoms with van der Waals surface area (Å²) in [6.45, 7) is -0.0356. The number of para-hydroxylation sites is 4. The monoisotopic (exact) mass is 935 g/mol. The van der Waals surface area contributed by atoms with Crippen LogP contribution in [0.5, 0.6) is 0 Å². The first-order chi connectivity index (χ1) is 34.3. The summed E-state index contributed by atoms with van der Waals surface area (Å²) < 4.78 is 2.66. The maximum Gasteiger partial charge on any atom is 0.264 e. The normalized spacial score (nSPS) is 13.6. The lowest BCUT2D eigenvalue weighted by Crippen LogP contribution is -2.60. The van der Waals surface area contributed by atoms with Crippen LogP contribution in [0.3, 0.4) is 0 Å². The number of rotatable bonds is 6. The van der Waals surface area contributed by atoms with Crippen LogP contribution in [0.4, 0.5) is 51.2 Å². The Hall–Kier alpha value is -7.68.